The molecule has 1 aromatic heterocycles. The van der Waals surface area contributed by atoms with Crippen LogP contribution in [0.3, 0.4) is 0 Å². The molecule has 0 unspecified atom stereocenters. The predicted molar refractivity (Wildman–Crippen MR) is 64.1 cm³/mol. The number of nitrogens with zero attached hydrogens (tertiary/aromatic N) is 2. The van der Waals surface area contributed by atoms with E-state index in [1.807, 2.05) is 20.8 Å². The van der Waals surface area contributed by atoms with Gasteiger partial charge in [-0.3, -0.25) is 4.90 Å². The van der Waals surface area contributed by atoms with Gasteiger partial charge in [0.25, 0.3) is 0 Å². The molecule has 3 nitrogen and oxygen atoms in total. The number of rotatable bonds is 5. The van der Waals surface area contributed by atoms with Crippen molar-refractivity contribution < 1.29 is 5.11 Å². The fourth-order valence-electron chi connectivity index (χ4n) is 1.54. The summed E-state index contributed by atoms with van der Waals surface area (Å²) >= 11 is 1.67. The predicted octanol–water partition coefficient (Wildman–Crippen LogP) is 2.04. The van der Waals surface area contributed by atoms with Gasteiger partial charge in [-0.05, 0) is 27.3 Å². The normalized spacial score (nSPS) is 12.4. The Morgan fingerprint density at radius 2 is 2.20 bits per heavy atom. The third-order valence-electron chi connectivity index (χ3n) is 2.11. The molecule has 0 amide bonds. The molecular formula is C11H20N2OS. The first-order chi connectivity index (χ1) is 6.90. The van der Waals surface area contributed by atoms with Gasteiger partial charge in [-0.25, -0.2) is 4.98 Å². The summed E-state index contributed by atoms with van der Waals surface area (Å²) < 4.78 is 0. The fourth-order valence-corrected chi connectivity index (χ4v) is 2.14. The lowest BCUT2D eigenvalue weighted by Gasteiger charge is -2.27. The molecule has 15 heavy (non-hydrogen) atoms. The molecular weight excluding hydrogens is 208 g/mol. The highest BCUT2D eigenvalue weighted by atomic mass is 32.1. The van der Waals surface area contributed by atoms with Crippen LogP contribution in [0.25, 0.3) is 0 Å². The second-order valence-electron chi connectivity index (χ2n) is 4.47. The first-order valence-electron chi connectivity index (χ1n) is 5.26. The number of thiazole rings is 1. The highest BCUT2D eigenvalue weighted by molar-refractivity contribution is 7.09. The van der Waals surface area contributed by atoms with E-state index < -0.39 is 5.60 Å². The van der Waals surface area contributed by atoms with Gasteiger partial charge in [-0.1, -0.05) is 6.92 Å². The molecule has 4 heteroatoms. The van der Waals surface area contributed by atoms with E-state index >= 15 is 0 Å². The highest BCUT2D eigenvalue weighted by Crippen LogP contribution is 2.12. The summed E-state index contributed by atoms with van der Waals surface area (Å²) in [6.07, 6.45) is 0. The lowest BCUT2D eigenvalue weighted by Crippen LogP contribution is -2.38. The van der Waals surface area contributed by atoms with Gasteiger partial charge in [-0.2, -0.15) is 0 Å². The standard InChI is InChI=1S/C11H20N2OS/c1-5-13(8-11(3,4)14)6-10-7-15-9(2)12-10/h7,14H,5-6,8H2,1-4H3. The number of aryl methyl sites for hydroxylation is 1. The Balaban J connectivity index is 2.54. The number of hydrogen-bond donors (Lipinski definition) is 1. The molecule has 0 aliphatic carbocycles. The molecule has 1 rings (SSSR count). The van der Waals surface area contributed by atoms with Crippen LogP contribution in [0.1, 0.15) is 31.5 Å². The van der Waals surface area contributed by atoms with Crippen LogP contribution in [0.5, 0.6) is 0 Å². The molecule has 0 bridgehead atoms. The smallest absolute Gasteiger partial charge is 0.0897 e. The minimum absolute atomic E-state index is 0.638. The molecule has 0 saturated heterocycles. The van der Waals surface area contributed by atoms with Crippen molar-refractivity contribution >= 4 is 11.3 Å². The molecule has 0 aliphatic rings. The molecule has 0 fully saturated rings. The van der Waals surface area contributed by atoms with Gasteiger partial charge in [0.05, 0.1) is 16.3 Å². The molecule has 1 heterocycles. The topological polar surface area (TPSA) is 36.4 Å². The first-order valence-corrected chi connectivity index (χ1v) is 6.14. The summed E-state index contributed by atoms with van der Waals surface area (Å²) in [5, 5.41) is 12.9. The fraction of sp³-hybridized carbons (Fsp3) is 0.727. The average molecular weight is 228 g/mol. The van der Waals surface area contributed by atoms with Crippen LogP contribution < -0.4 is 0 Å². The third-order valence-corrected chi connectivity index (χ3v) is 2.93. The van der Waals surface area contributed by atoms with E-state index in [2.05, 4.69) is 22.2 Å². The summed E-state index contributed by atoms with van der Waals surface area (Å²) in [5.74, 6) is 0. The summed E-state index contributed by atoms with van der Waals surface area (Å²) in [6.45, 7) is 10.2. The van der Waals surface area contributed by atoms with Gasteiger partial charge in [0.15, 0.2) is 0 Å². The van der Waals surface area contributed by atoms with E-state index in [-0.39, 0.29) is 0 Å². The van der Waals surface area contributed by atoms with Crippen LogP contribution in [0.15, 0.2) is 5.38 Å². The molecule has 1 N–H and O–H groups in total. The van der Waals surface area contributed by atoms with E-state index in [9.17, 15) is 5.11 Å². The number of aliphatic hydroxyl groups is 1. The molecule has 0 aliphatic heterocycles. The van der Waals surface area contributed by atoms with Crippen molar-refractivity contribution in [2.24, 2.45) is 0 Å². The molecule has 0 saturated carbocycles. The van der Waals surface area contributed by atoms with Crippen LogP contribution >= 0.6 is 11.3 Å². The summed E-state index contributed by atoms with van der Waals surface area (Å²) in [5.41, 5.74) is 0.463. The van der Waals surface area contributed by atoms with E-state index in [1.54, 1.807) is 11.3 Å². The lowest BCUT2D eigenvalue weighted by atomic mass is 10.1. The zero-order valence-corrected chi connectivity index (χ0v) is 10.8. The zero-order chi connectivity index (χ0) is 11.5. The Bertz CT molecular complexity index is 304. The van der Waals surface area contributed by atoms with Gasteiger partial charge < -0.3 is 5.11 Å². The van der Waals surface area contributed by atoms with Crippen molar-refractivity contribution in [3.8, 4) is 0 Å². The Hall–Kier alpha value is -0.450. The quantitative estimate of drug-likeness (QED) is 0.838. The monoisotopic (exact) mass is 228 g/mol. The summed E-state index contributed by atoms with van der Waals surface area (Å²) in [7, 11) is 0. The maximum atomic E-state index is 9.74. The van der Waals surface area contributed by atoms with Crippen molar-refractivity contribution in [3.05, 3.63) is 16.1 Å². The number of likely N-dealkylation sites (N-methyl/N-ethyl adjacent to an activating group) is 1. The Morgan fingerprint density at radius 1 is 1.53 bits per heavy atom. The van der Waals surface area contributed by atoms with Gasteiger partial charge in [0, 0.05) is 18.5 Å². The largest absolute Gasteiger partial charge is 0.389 e. The van der Waals surface area contributed by atoms with Crippen LogP contribution in [0.2, 0.25) is 0 Å². The van der Waals surface area contributed by atoms with Crippen LogP contribution in [-0.4, -0.2) is 33.7 Å². The van der Waals surface area contributed by atoms with E-state index in [4.69, 9.17) is 0 Å². The minimum atomic E-state index is -0.638. The minimum Gasteiger partial charge on any atom is -0.389 e. The zero-order valence-electron chi connectivity index (χ0n) is 9.95. The van der Waals surface area contributed by atoms with Crippen molar-refractivity contribution in [3.63, 3.8) is 0 Å². The van der Waals surface area contributed by atoms with E-state index in [0.29, 0.717) is 6.54 Å². The van der Waals surface area contributed by atoms with Crippen molar-refractivity contribution in [2.45, 2.75) is 39.8 Å². The third kappa shape index (κ3) is 4.73. The van der Waals surface area contributed by atoms with Crippen LogP contribution in [-0.2, 0) is 6.54 Å². The highest BCUT2D eigenvalue weighted by Gasteiger charge is 2.17. The van der Waals surface area contributed by atoms with Gasteiger partial charge in [-0.15, -0.1) is 11.3 Å². The maximum absolute atomic E-state index is 9.74. The van der Waals surface area contributed by atoms with Gasteiger partial charge in [0.1, 0.15) is 0 Å². The van der Waals surface area contributed by atoms with E-state index in [1.165, 1.54) is 0 Å². The summed E-state index contributed by atoms with van der Waals surface area (Å²) in [6, 6.07) is 0. The Kier molecular flexibility index (Phi) is 4.25. The SMILES string of the molecule is CCN(Cc1csc(C)n1)CC(C)(C)O. The second-order valence-corrected chi connectivity index (χ2v) is 5.54. The molecule has 0 spiro atoms. The second kappa shape index (κ2) is 5.05. The Labute approximate surface area is 95.8 Å². The lowest BCUT2D eigenvalue weighted by molar-refractivity contribution is 0.0350. The first kappa shape index (κ1) is 12.6. The van der Waals surface area contributed by atoms with Crippen LogP contribution in [0.4, 0.5) is 0 Å². The molecule has 0 atom stereocenters. The van der Waals surface area contributed by atoms with Gasteiger partial charge >= 0.3 is 0 Å². The van der Waals surface area contributed by atoms with Crippen molar-refractivity contribution in [2.75, 3.05) is 13.1 Å². The maximum Gasteiger partial charge on any atom is 0.0897 e. The average Bonchev–Trinajstić information content (AvgIpc) is 2.47. The number of hydrogen-bond acceptors (Lipinski definition) is 4. The Morgan fingerprint density at radius 3 is 2.60 bits per heavy atom. The molecule has 0 aromatic carbocycles. The van der Waals surface area contributed by atoms with Gasteiger partial charge in [0.2, 0.25) is 0 Å². The van der Waals surface area contributed by atoms with Crippen molar-refractivity contribution in [1.82, 2.24) is 9.88 Å². The van der Waals surface area contributed by atoms with Crippen molar-refractivity contribution in [1.29, 1.82) is 0 Å². The van der Waals surface area contributed by atoms with E-state index in [0.717, 1.165) is 23.8 Å². The molecule has 86 valence electrons. The number of aromatic nitrogens is 1. The molecule has 1 aromatic rings. The van der Waals surface area contributed by atoms with Crippen LogP contribution in [0, 0.1) is 6.92 Å². The molecule has 0 radical (unpaired) electrons. The summed E-state index contributed by atoms with van der Waals surface area (Å²) in [4.78, 5) is 6.63.